The fourth-order valence-corrected chi connectivity index (χ4v) is 1.69. The van der Waals surface area contributed by atoms with Crippen LogP contribution in [0.4, 0.5) is 0 Å². The van der Waals surface area contributed by atoms with Crippen molar-refractivity contribution in [3.05, 3.63) is 12.4 Å². The molecule has 4 heteroatoms. The molecule has 0 aliphatic heterocycles. The highest BCUT2D eigenvalue weighted by atomic mass is 16.5. The number of aromatic nitrogens is 2. The third-order valence-corrected chi connectivity index (χ3v) is 2.96. The second kappa shape index (κ2) is 6.05. The van der Waals surface area contributed by atoms with Crippen LogP contribution in [0.3, 0.4) is 0 Å². The quantitative estimate of drug-likeness (QED) is 0.706. The van der Waals surface area contributed by atoms with Crippen LogP contribution in [0.5, 0.6) is 5.75 Å². The van der Waals surface area contributed by atoms with Gasteiger partial charge >= 0.3 is 0 Å². The first-order valence-corrected chi connectivity index (χ1v) is 6.66. The zero-order chi connectivity index (χ0) is 12.1. The van der Waals surface area contributed by atoms with E-state index in [4.69, 9.17) is 4.74 Å². The number of unbranched alkanes of at least 4 members (excludes halogenated alkanes) is 1. The largest absolute Gasteiger partial charge is 0.490 e. The number of rotatable bonds is 8. The first kappa shape index (κ1) is 12.4. The minimum atomic E-state index is 0.398. The third kappa shape index (κ3) is 4.38. The van der Waals surface area contributed by atoms with Gasteiger partial charge in [0.1, 0.15) is 0 Å². The van der Waals surface area contributed by atoms with E-state index < -0.39 is 0 Å². The smallest absolute Gasteiger partial charge is 0.157 e. The summed E-state index contributed by atoms with van der Waals surface area (Å²) in [4.78, 5) is 0. The fourth-order valence-electron chi connectivity index (χ4n) is 1.69. The molecule has 1 N–H and O–H groups in total. The molecule has 17 heavy (non-hydrogen) atoms. The minimum absolute atomic E-state index is 0.398. The van der Waals surface area contributed by atoms with Crippen LogP contribution in [-0.4, -0.2) is 29.0 Å². The highest BCUT2D eigenvalue weighted by molar-refractivity contribution is 5.11. The third-order valence-electron chi connectivity index (χ3n) is 2.96. The van der Waals surface area contributed by atoms with Gasteiger partial charge in [0.25, 0.3) is 0 Å². The van der Waals surface area contributed by atoms with Gasteiger partial charge in [-0.15, -0.1) is 0 Å². The predicted octanol–water partition coefficient (Wildman–Crippen LogP) is 2.38. The van der Waals surface area contributed by atoms with Crippen molar-refractivity contribution in [1.29, 1.82) is 0 Å². The highest BCUT2D eigenvalue weighted by Crippen LogP contribution is 2.18. The molecular weight excluding hydrogens is 214 g/mol. The monoisotopic (exact) mass is 237 g/mol. The summed E-state index contributed by atoms with van der Waals surface area (Å²) in [5, 5.41) is 7.74. The van der Waals surface area contributed by atoms with Gasteiger partial charge in [0.05, 0.1) is 19.0 Å². The summed E-state index contributed by atoms with van der Waals surface area (Å²) in [6.07, 6.45) is 8.78. The van der Waals surface area contributed by atoms with Gasteiger partial charge in [-0.2, -0.15) is 5.10 Å². The molecule has 96 valence electrons. The molecule has 1 aromatic rings. The van der Waals surface area contributed by atoms with Gasteiger partial charge in [0.2, 0.25) is 0 Å². The van der Waals surface area contributed by atoms with E-state index in [-0.39, 0.29) is 0 Å². The van der Waals surface area contributed by atoms with E-state index in [1.807, 2.05) is 10.9 Å². The summed E-state index contributed by atoms with van der Waals surface area (Å²) in [6, 6.07) is 1.22. The normalized spacial score (nSPS) is 15.5. The maximum Gasteiger partial charge on any atom is 0.157 e. The Morgan fingerprint density at radius 2 is 2.29 bits per heavy atom. The van der Waals surface area contributed by atoms with Gasteiger partial charge in [-0.25, -0.2) is 0 Å². The second-order valence-corrected chi connectivity index (χ2v) is 5.03. The molecule has 1 aliphatic carbocycles. The Balaban J connectivity index is 1.54. The molecule has 0 spiro atoms. The van der Waals surface area contributed by atoms with E-state index in [0.717, 1.165) is 31.4 Å². The van der Waals surface area contributed by atoms with Gasteiger partial charge in [0.15, 0.2) is 5.75 Å². The Hall–Kier alpha value is -1.03. The average molecular weight is 237 g/mol. The Bertz CT molecular complexity index is 331. The summed E-state index contributed by atoms with van der Waals surface area (Å²) >= 11 is 0. The molecular formula is C13H23N3O. The lowest BCUT2D eigenvalue weighted by molar-refractivity contribution is 0.305. The first-order valence-electron chi connectivity index (χ1n) is 6.66. The molecule has 1 saturated carbocycles. The van der Waals surface area contributed by atoms with Crippen LogP contribution in [0, 0.1) is 0 Å². The lowest BCUT2D eigenvalue weighted by atomic mass is 10.3. The van der Waals surface area contributed by atoms with E-state index in [0.29, 0.717) is 6.04 Å². The molecule has 4 nitrogen and oxygen atoms in total. The van der Waals surface area contributed by atoms with E-state index in [1.54, 1.807) is 6.20 Å². The van der Waals surface area contributed by atoms with Gasteiger partial charge in [-0.05, 0) is 46.1 Å². The van der Waals surface area contributed by atoms with Gasteiger partial charge in [0, 0.05) is 12.1 Å². The van der Waals surface area contributed by atoms with Crippen molar-refractivity contribution in [2.24, 2.45) is 0 Å². The first-order chi connectivity index (χ1) is 8.25. The van der Waals surface area contributed by atoms with Crippen LogP contribution in [0.1, 0.15) is 45.6 Å². The average Bonchev–Trinajstić information content (AvgIpc) is 3.00. The fraction of sp³-hybridized carbons (Fsp3) is 0.769. The van der Waals surface area contributed by atoms with Crippen molar-refractivity contribution >= 4 is 0 Å². The standard InChI is InChI=1S/C13H23N3O/c1-11(2)16-10-13(9-15-16)17-8-4-3-7-14-12-5-6-12/h9-12,14H,3-8H2,1-2H3. The van der Waals surface area contributed by atoms with Crippen molar-refractivity contribution in [3.63, 3.8) is 0 Å². The molecule has 0 atom stereocenters. The van der Waals surface area contributed by atoms with Crippen LogP contribution < -0.4 is 10.1 Å². The van der Waals surface area contributed by atoms with Crippen LogP contribution in [0.15, 0.2) is 12.4 Å². The number of nitrogens with one attached hydrogen (secondary N) is 1. The lowest BCUT2D eigenvalue weighted by Crippen LogP contribution is -2.17. The van der Waals surface area contributed by atoms with Gasteiger partial charge in [-0.3, -0.25) is 4.68 Å². The molecule has 0 saturated heterocycles. The molecule has 1 heterocycles. The molecule has 2 rings (SSSR count). The summed E-state index contributed by atoms with van der Waals surface area (Å²) in [5.41, 5.74) is 0. The molecule has 0 unspecified atom stereocenters. The molecule has 1 aromatic heterocycles. The zero-order valence-electron chi connectivity index (χ0n) is 10.9. The van der Waals surface area contributed by atoms with E-state index in [9.17, 15) is 0 Å². The van der Waals surface area contributed by atoms with Crippen molar-refractivity contribution in [1.82, 2.24) is 15.1 Å². The maximum absolute atomic E-state index is 5.65. The van der Waals surface area contributed by atoms with Crippen LogP contribution in [0.2, 0.25) is 0 Å². The molecule has 1 aliphatic rings. The topological polar surface area (TPSA) is 39.1 Å². The number of hydrogen-bond donors (Lipinski definition) is 1. The zero-order valence-corrected chi connectivity index (χ0v) is 10.9. The van der Waals surface area contributed by atoms with Gasteiger partial charge in [-0.1, -0.05) is 0 Å². The molecule has 1 fully saturated rings. The van der Waals surface area contributed by atoms with Gasteiger partial charge < -0.3 is 10.1 Å². The maximum atomic E-state index is 5.65. The Morgan fingerprint density at radius 3 is 2.94 bits per heavy atom. The minimum Gasteiger partial charge on any atom is -0.490 e. The van der Waals surface area contributed by atoms with Crippen molar-refractivity contribution < 1.29 is 4.74 Å². The SMILES string of the molecule is CC(C)n1cc(OCCCCNC2CC2)cn1. The summed E-state index contributed by atoms with van der Waals surface area (Å²) in [6.45, 7) is 6.13. The molecule has 0 bridgehead atoms. The van der Waals surface area contributed by atoms with Crippen molar-refractivity contribution in [2.75, 3.05) is 13.2 Å². The van der Waals surface area contributed by atoms with E-state index >= 15 is 0 Å². The number of nitrogens with zero attached hydrogens (tertiary/aromatic N) is 2. The van der Waals surface area contributed by atoms with Crippen molar-refractivity contribution in [3.8, 4) is 5.75 Å². The van der Waals surface area contributed by atoms with E-state index in [2.05, 4.69) is 24.3 Å². The van der Waals surface area contributed by atoms with Crippen molar-refractivity contribution in [2.45, 2.75) is 51.6 Å². The Kier molecular flexibility index (Phi) is 4.42. The van der Waals surface area contributed by atoms with Crippen LogP contribution in [-0.2, 0) is 0 Å². The molecule has 0 amide bonds. The predicted molar refractivity (Wildman–Crippen MR) is 68.4 cm³/mol. The van der Waals surface area contributed by atoms with Crippen LogP contribution >= 0.6 is 0 Å². The summed E-state index contributed by atoms with van der Waals surface area (Å²) in [7, 11) is 0. The lowest BCUT2D eigenvalue weighted by Gasteiger charge is -2.05. The second-order valence-electron chi connectivity index (χ2n) is 5.03. The number of hydrogen-bond acceptors (Lipinski definition) is 3. The molecule has 0 radical (unpaired) electrons. The van der Waals surface area contributed by atoms with E-state index in [1.165, 1.54) is 19.3 Å². The molecule has 0 aromatic carbocycles. The number of ether oxygens (including phenoxy) is 1. The summed E-state index contributed by atoms with van der Waals surface area (Å²) in [5.74, 6) is 0.883. The highest BCUT2D eigenvalue weighted by Gasteiger charge is 2.19. The Morgan fingerprint density at radius 1 is 1.47 bits per heavy atom. The Labute approximate surface area is 103 Å². The summed E-state index contributed by atoms with van der Waals surface area (Å²) < 4.78 is 7.57. The van der Waals surface area contributed by atoms with Crippen LogP contribution in [0.25, 0.3) is 0 Å².